The maximum atomic E-state index is 13.2. The van der Waals surface area contributed by atoms with Crippen LogP contribution in [0.25, 0.3) is 0 Å². The maximum Gasteiger partial charge on any atom is 0.321 e. The largest absolute Gasteiger partial charge is 0.334 e. The van der Waals surface area contributed by atoms with Gasteiger partial charge in [-0.15, -0.1) is 0 Å². The van der Waals surface area contributed by atoms with Crippen LogP contribution in [0.15, 0.2) is 91.0 Å². The fraction of sp³-hybridized carbons (Fsp3) is 0.444. The predicted molar refractivity (Wildman–Crippen MR) is 174 cm³/mol. The minimum absolute atomic E-state index is 0.0451. The van der Waals surface area contributed by atoms with Crippen LogP contribution in [0.4, 0.5) is 15.3 Å². The first-order valence-corrected chi connectivity index (χ1v) is 16.0. The number of anilines is 1. The van der Waals surface area contributed by atoms with Gasteiger partial charge in [0, 0.05) is 57.5 Å². The summed E-state index contributed by atoms with van der Waals surface area (Å²) in [5.74, 6) is 0.882. The van der Waals surface area contributed by atoms with E-state index < -0.39 is 0 Å². The van der Waals surface area contributed by atoms with Crippen molar-refractivity contribution < 1.29 is 9.59 Å². The van der Waals surface area contributed by atoms with Crippen LogP contribution >= 0.6 is 0 Å². The summed E-state index contributed by atoms with van der Waals surface area (Å²) in [6, 6.07) is 31.1. The Kier molecular flexibility index (Phi) is 10.7. The molecule has 228 valence electrons. The van der Waals surface area contributed by atoms with Crippen LogP contribution in [-0.2, 0) is 6.54 Å². The molecule has 4 amide bonds. The van der Waals surface area contributed by atoms with Gasteiger partial charge in [0.05, 0.1) is 0 Å². The molecule has 7 heteroatoms. The summed E-state index contributed by atoms with van der Waals surface area (Å²) in [5.41, 5.74) is 3.31. The number of carbonyl (C=O) groups excluding carboxylic acids is 2. The van der Waals surface area contributed by atoms with E-state index in [2.05, 4.69) is 57.7 Å². The number of hydrogen-bond acceptors (Lipinski definition) is 3. The highest BCUT2D eigenvalue weighted by atomic mass is 16.2. The molecular formula is C36H47N5O2. The highest BCUT2D eigenvalue weighted by molar-refractivity contribution is 5.89. The van der Waals surface area contributed by atoms with E-state index in [4.69, 9.17) is 0 Å². The summed E-state index contributed by atoms with van der Waals surface area (Å²) < 4.78 is 0. The number of nitrogens with one attached hydrogen (secondary N) is 2. The Labute approximate surface area is 257 Å². The Morgan fingerprint density at radius 1 is 0.814 bits per heavy atom. The molecule has 2 fully saturated rings. The molecule has 0 radical (unpaired) electrons. The van der Waals surface area contributed by atoms with E-state index in [9.17, 15) is 9.59 Å². The summed E-state index contributed by atoms with van der Waals surface area (Å²) in [6.45, 7) is 6.48. The topological polar surface area (TPSA) is 67.9 Å². The third kappa shape index (κ3) is 8.17. The van der Waals surface area contributed by atoms with Gasteiger partial charge in [-0.05, 0) is 67.2 Å². The Balaban J connectivity index is 1.18. The zero-order valence-corrected chi connectivity index (χ0v) is 25.7. The van der Waals surface area contributed by atoms with Crippen molar-refractivity contribution in [2.75, 3.05) is 38.5 Å². The number of rotatable bonds is 10. The number of para-hydroxylation sites is 1. The Morgan fingerprint density at radius 2 is 1.44 bits per heavy atom. The van der Waals surface area contributed by atoms with Gasteiger partial charge in [0.2, 0.25) is 0 Å². The molecule has 3 atom stereocenters. The molecule has 3 aromatic carbocycles. The van der Waals surface area contributed by atoms with Gasteiger partial charge in [-0.25, -0.2) is 9.59 Å². The lowest BCUT2D eigenvalue weighted by atomic mass is 9.88. The molecule has 1 aliphatic carbocycles. The summed E-state index contributed by atoms with van der Waals surface area (Å²) in [7, 11) is 1.93. The highest BCUT2D eigenvalue weighted by Crippen LogP contribution is 2.42. The van der Waals surface area contributed by atoms with Crippen LogP contribution < -0.4 is 10.6 Å². The van der Waals surface area contributed by atoms with Gasteiger partial charge >= 0.3 is 12.1 Å². The summed E-state index contributed by atoms with van der Waals surface area (Å²) >= 11 is 0. The molecule has 2 aliphatic rings. The monoisotopic (exact) mass is 581 g/mol. The number of carbonyl (C=O) groups is 2. The fourth-order valence-corrected chi connectivity index (χ4v) is 6.93. The average Bonchev–Trinajstić information content (AvgIpc) is 3.47. The first kappa shape index (κ1) is 30.6. The lowest BCUT2D eigenvalue weighted by Gasteiger charge is -2.39. The van der Waals surface area contributed by atoms with Gasteiger partial charge in [0.15, 0.2) is 0 Å². The number of urea groups is 2. The number of piperidine rings is 1. The van der Waals surface area contributed by atoms with Crippen molar-refractivity contribution in [3.63, 3.8) is 0 Å². The summed E-state index contributed by atoms with van der Waals surface area (Å²) in [5, 5.41) is 6.21. The quantitative estimate of drug-likeness (QED) is 0.277. The van der Waals surface area contributed by atoms with Crippen LogP contribution in [0.5, 0.6) is 0 Å². The molecule has 0 aromatic heterocycles. The van der Waals surface area contributed by atoms with Crippen LogP contribution in [-0.4, -0.2) is 72.1 Å². The standard InChI is InChI=1S/C36H47N5O2/c1-3-21-41(35(42)37-26-28-13-7-4-8-14-28)32-19-22-40(23-20-32)27-30-24-33(25-34(30)29-15-9-5-10-16-29)39(2)36(43)38-31-17-11-6-12-18-31/h4-18,30,32-34H,3,19-27H2,1-2H3,(H,37,42)(H,38,43)/t30-,33?,34-/m1/s1. The molecule has 0 bridgehead atoms. The van der Waals surface area contributed by atoms with Crippen molar-refractivity contribution >= 4 is 17.7 Å². The number of hydrogen-bond donors (Lipinski definition) is 2. The van der Waals surface area contributed by atoms with Crippen molar-refractivity contribution in [3.05, 3.63) is 102 Å². The summed E-state index contributed by atoms with van der Waals surface area (Å²) in [4.78, 5) is 32.9. The van der Waals surface area contributed by atoms with E-state index in [0.717, 1.165) is 69.5 Å². The van der Waals surface area contributed by atoms with Crippen molar-refractivity contribution in [1.82, 2.24) is 20.0 Å². The normalized spacial score (nSPS) is 20.8. The lowest BCUT2D eigenvalue weighted by Crippen LogP contribution is -2.51. The smallest absolute Gasteiger partial charge is 0.321 e. The second-order valence-corrected chi connectivity index (χ2v) is 12.2. The first-order chi connectivity index (χ1) is 21.0. The maximum absolute atomic E-state index is 13.2. The predicted octanol–water partition coefficient (Wildman–Crippen LogP) is 6.80. The van der Waals surface area contributed by atoms with Crippen molar-refractivity contribution in [2.24, 2.45) is 5.92 Å². The van der Waals surface area contributed by atoms with Gasteiger partial charge in [0.1, 0.15) is 0 Å². The SMILES string of the molecule is CCCN(C(=O)NCc1ccccc1)C1CCN(C[C@H]2CC(N(C)C(=O)Nc3ccccc3)C[C@@H]2c2ccccc2)CC1. The lowest BCUT2D eigenvalue weighted by molar-refractivity contribution is 0.109. The summed E-state index contributed by atoms with van der Waals surface area (Å²) in [6.07, 6.45) is 4.89. The fourth-order valence-electron chi connectivity index (χ4n) is 6.93. The molecule has 43 heavy (non-hydrogen) atoms. The average molecular weight is 582 g/mol. The van der Waals surface area contributed by atoms with Crippen molar-refractivity contribution in [3.8, 4) is 0 Å². The van der Waals surface area contributed by atoms with E-state index in [-0.39, 0.29) is 24.1 Å². The number of nitrogens with zero attached hydrogens (tertiary/aromatic N) is 3. The number of amides is 4. The van der Waals surface area contributed by atoms with Crippen LogP contribution in [0, 0.1) is 5.92 Å². The minimum atomic E-state index is -0.0500. The second kappa shape index (κ2) is 15.1. The molecule has 3 aromatic rings. The molecule has 0 spiro atoms. The van der Waals surface area contributed by atoms with Gasteiger partial charge in [-0.2, -0.15) is 0 Å². The molecule has 5 rings (SSSR count). The van der Waals surface area contributed by atoms with Crippen LogP contribution in [0.2, 0.25) is 0 Å². The molecule has 1 aliphatic heterocycles. The Morgan fingerprint density at radius 3 is 2.09 bits per heavy atom. The van der Waals surface area contributed by atoms with Gasteiger partial charge in [-0.1, -0.05) is 85.8 Å². The molecule has 7 nitrogen and oxygen atoms in total. The van der Waals surface area contributed by atoms with E-state index in [1.807, 2.05) is 72.6 Å². The Bertz CT molecular complexity index is 1280. The van der Waals surface area contributed by atoms with Crippen molar-refractivity contribution in [2.45, 2.75) is 63.6 Å². The zero-order valence-electron chi connectivity index (χ0n) is 25.7. The second-order valence-electron chi connectivity index (χ2n) is 12.2. The van der Waals surface area contributed by atoms with E-state index >= 15 is 0 Å². The number of likely N-dealkylation sites (tertiary alicyclic amines) is 1. The molecule has 2 N–H and O–H groups in total. The molecule has 1 heterocycles. The zero-order chi connectivity index (χ0) is 30.0. The van der Waals surface area contributed by atoms with E-state index in [0.29, 0.717) is 18.4 Å². The molecular weight excluding hydrogens is 534 g/mol. The van der Waals surface area contributed by atoms with E-state index in [1.165, 1.54) is 5.56 Å². The highest BCUT2D eigenvalue weighted by Gasteiger charge is 2.40. The molecule has 1 saturated heterocycles. The van der Waals surface area contributed by atoms with Gasteiger partial charge in [0.25, 0.3) is 0 Å². The third-order valence-corrected chi connectivity index (χ3v) is 9.29. The van der Waals surface area contributed by atoms with Crippen LogP contribution in [0.1, 0.15) is 56.1 Å². The number of benzene rings is 3. The van der Waals surface area contributed by atoms with E-state index in [1.54, 1.807) is 0 Å². The minimum Gasteiger partial charge on any atom is -0.334 e. The Hall–Kier alpha value is -3.84. The first-order valence-electron chi connectivity index (χ1n) is 16.0. The van der Waals surface area contributed by atoms with Gasteiger partial charge < -0.3 is 25.3 Å². The van der Waals surface area contributed by atoms with Gasteiger partial charge in [-0.3, -0.25) is 0 Å². The molecule has 1 unspecified atom stereocenters. The van der Waals surface area contributed by atoms with Crippen molar-refractivity contribution in [1.29, 1.82) is 0 Å². The van der Waals surface area contributed by atoms with Crippen LogP contribution in [0.3, 0.4) is 0 Å². The molecule has 1 saturated carbocycles. The third-order valence-electron chi connectivity index (χ3n) is 9.29.